The van der Waals surface area contributed by atoms with Crippen molar-refractivity contribution in [2.75, 3.05) is 20.8 Å². The van der Waals surface area contributed by atoms with Gasteiger partial charge in [0.25, 0.3) is 5.91 Å². The highest BCUT2D eigenvalue weighted by Gasteiger charge is 2.08. The summed E-state index contributed by atoms with van der Waals surface area (Å²) in [6.07, 6.45) is 0.204. The monoisotopic (exact) mass is 420 g/mol. The molecule has 2 aromatic rings. The van der Waals surface area contributed by atoms with Crippen LogP contribution in [0.3, 0.4) is 0 Å². The van der Waals surface area contributed by atoms with Crippen molar-refractivity contribution >= 4 is 27.7 Å². The van der Waals surface area contributed by atoms with Gasteiger partial charge in [-0.1, -0.05) is 22.0 Å². The van der Waals surface area contributed by atoms with Gasteiger partial charge in [0.1, 0.15) is 0 Å². The summed E-state index contributed by atoms with van der Waals surface area (Å²) in [6.45, 7) is 0.645. The molecule has 138 valence electrons. The van der Waals surface area contributed by atoms with E-state index in [1.807, 2.05) is 12.1 Å². The molecule has 0 aromatic heterocycles. The Balaban J connectivity index is 1.75. The van der Waals surface area contributed by atoms with Crippen LogP contribution < -0.4 is 20.1 Å². The summed E-state index contributed by atoms with van der Waals surface area (Å²) in [5.74, 6) is 0.903. The molecule has 7 heteroatoms. The van der Waals surface area contributed by atoms with Crippen molar-refractivity contribution in [3.05, 3.63) is 58.1 Å². The van der Waals surface area contributed by atoms with Crippen molar-refractivity contribution in [1.29, 1.82) is 0 Å². The van der Waals surface area contributed by atoms with Crippen molar-refractivity contribution in [2.24, 2.45) is 0 Å². The molecule has 0 bridgehead atoms. The predicted molar refractivity (Wildman–Crippen MR) is 102 cm³/mol. The largest absolute Gasteiger partial charge is 0.493 e. The van der Waals surface area contributed by atoms with Gasteiger partial charge in [0, 0.05) is 29.5 Å². The van der Waals surface area contributed by atoms with Crippen LogP contribution in [0, 0.1) is 0 Å². The number of benzene rings is 2. The Kier molecular flexibility index (Phi) is 7.47. The highest BCUT2D eigenvalue weighted by molar-refractivity contribution is 9.10. The minimum atomic E-state index is -0.204. The van der Waals surface area contributed by atoms with Crippen molar-refractivity contribution in [1.82, 2.24) is 10.6 Å². The van der Waals surface area contributed by atoms with E-state index in [0.29, 0.717) is 23.6 Å². The van der Waals surface area contributed by atoms with E-state index in [0.717, 1.165) is 10.0 Å². The third kappa shape index (κ3) is 5.77. The summed E-state index contributed by atoms with van der Waals surface area (Å²) in [5.41, 5.74) is 1.45. The molecule has 0 aliphatic carbocycles. The van der Waals surface area contributed by atoms with Crippen molar-refractivity contribution in [3.8, 4) is 11.5 Å². The number of amides is 2. The summed E-state index contributed by atoms with van der Waals surface area (Å²) in [4.78, 5) is 23.9. The summed E-state index contributed by atoms with van der Waals surface area (Å²) < 4.78 is 11.3. The van der Waals surface area contributed by atoms with Crippen LogP contribution in [-0.2, 0) is 11.3 Å². The molecule has 2 N–H and O–H groups in total. The van der Waals surface area contributed by atoms with E-state index in [2.05, 4.69) is 26.6 Å². The zero-order valence-corrected chi connectivity index (χ0v) is 16.3. The molecule has 0 saturated carbocycles. The zero-order chi connectivity index (χ0) is 18.9. The van der Waals surface area contributed by atoms with Crippen molar-refractivity contribution in [2.45, 2.75) is 13.0 Å². The summed E-state index contributed by atoms with van der Waals surface area (Å²) in [6, 6.07) is 12.5. The normalized spacial score (nSPS) is 10.1. The van der Waals surface area contributed by atoms with E-state index in [1.165, 1.54) is 0 Å². The van der Waals surface area contributed by atoms with Gasteiger partial charge in [-0.15, -0.1) is 0 Å². The van der Waals surface area contributed by atoms with Gasteiger partial charge < -0.3 is 20.1 Å². The van der Waals surface area contributed by atoms with E-state index in [-0.39, 0.29) is 24.8 Å². The molecular formula is C19H21BrN2O4. The third-order valence-electron chi connectivity index (χ3n) is 3.68. The maximum Gasteiger partial charge on any atom is 0.251 e. The lowest BCUT2D eigenvalue weighted by Gasteiger charge is -2.10. The van der Waals surface area contributed by atoms with Gasteiger partial charge in [-0.25, -0.2) is 0 Å². The van der Waals surface area contributed by atoms with Crippen LogP contribution in [0.5, 0.6) is 11.5 Å². The molecule has 2 aromatic carbocycles. The average Bonchev–Trinajstić information content (AvgIpc) is 2.66. The van der Waals surface area contributed by atoms with Crippen LogP contribution >= 0.6 is 15.9 Å². The first-order chi connectivity index (χ1) is 12.5. The van der Waals surface area contributed by atoms with Gasteiger partial charge in [-0.05, 0) is 42.0 Å². The molecule has 0 aliphatic rings. The number of halogens is 1. The third-order valence-corrected chi connectivity index (χ3v) is 4.21. The quantitative estimate of drug-likeness (QED) is 0.688. The Morgan fingerprint density at radius 1 is 0.962 bits per heavy atom. The summed E-state index contributed by atoms with van der Waals surface area (Å²) in [5, 5.41) is 5.55. The molecule has 0 fully saturated rings. The smallest absolute Gasteiger partial charge is 0.251 e. The fourth-order valence-corrected chi connectivity index (χ4v) is 2.54. The van der Waals surface area contributed by atoms with Gasteiger partial charge in [0.2, 0.25) is 5.91 Å². The van der Waals surface area contributed by atoms with Crippen LogP contribution in [0.25, 0.3) is 0 Å². The number of rotatable bonds is 8. The van der Waals surface area contributed by atoms with Crippen LogP contribution in [-0.4, -0.2) is 32.6 Å². The highest BCUT2D eigenvalue weighted by atomic mass is 79.9. The Morgan fingerprint density at radius 3 is 2.31 bits per heavy atom. The Labute approximate surface area is 161 Å². The second-order valence-corrected chi connectivity index (χ2v) is 6.39. The lowest BCUT2D eigenvalue weighted by atomic mass is 10.2. The Morgan fingerprint density at radius 2 is 1.65 bits per heavy atom. The standard InChI is InChI=1S/C19H21BrN2O4/c1-25-16-8-3-13(11-17(16)26-2)12-22-18(23)9-10-21-19(24)14-4-6-15(20)7-5-14/h3-8,11H,9-10,12H2,1-2H3,(H,21,24)(H,22,23). The van der Waals surface area contributed by atoms with Gasteiger partial charge in [-0.3, -0.25) is 9.59 Å². The van der Waals surface area contributed by atoms with Crippen LogP contribution in [0.15, 0.2) is 46.9 Å². The van der Waals surface area contributed by atoms with Crippen molar-refractivity contribution in [3.63, 3.8) is 0 Å². The van der Waals surface area contributed by atoms with E-state index in [1.54, 1.807) is 44.6 Å². The number of nitrogens with one attached hydrogen (secondary N) is 2. The van der Waals surface area contributed by atoms with E-state index >= 15 is 0 Å². The Bertz CT molecular complexity index is 763. The molecule has 2 amide bonds. The maximum absolute atomic E-state index is 12.0. The average molecular weight is 421 g/mol. The first-order valence-electron chi connectivity index (χ1n) is 8.05. The lowest BCUT2D eigenvalue weighted by molar-refractivity contribution is -0.121. The fourth-order valence-electron chi connectivity index (χ4n) is 2.27. The minimum Gasteiger partial charge on any atom is -0.493 e. The van der Waals surface area contributed by atoms with Gasteiger partial charge >= 0.3 is 0 Å². The summed E-state index contributed by atoms with van der Waals surface area (Å²) in [7, 11) is 3.14. The molecule has 26 heavy (non-hydrogen) atoms. The maximum atomic E-state index is 12.0. The number of ether oxygens (including phenoxy) is 2. The van der Waals surface area contributed by atoms with Gasteiger partial charge in [0.05, 0.1) is 14.2 Å². The zero-order valence-electron chi connectivity index (χ0n) is 14.7. The molecule has 0 radical (unpaired) electrons. The molecule has 0 atom stereocenters. The number of methoxy groups -OCH3 is 2. The fraction of sp³-hybridized carbons (Fsp3) is 0.263. The minimum absolute atomic E-state index is 0.143. The topological polar surface area (TPSA) is 76.7 Å². The van der Waals surface area contributed by atoms with E-state index < -0.39 is 0 Å². The van der Waals surface area contributed by atoms with Gasteiger partial charge in [0.15, 0.2) is 11.5 Å². The number of carbonyl (C=O) groups is 2. The van der Waals surface area contributed by atoms with Gasteiger partial charge in [-0.2, -0.15) is 0 Å². The first kappa shape index (κ1) is 19.8. The predicted octanol–water partition coefficient (Wildman–Crippen LogP) is 2.90. The van der Waals surface area contributed by atoms with E-state index in [9.17, 15) is 9.59 Å². The SMILES string of the molecule is COc1ccc(CNC(=O)CCNC(=O)c2ccc(Br)cc2)cc1OC. The van der Waals surface area contributed by atoms with Crippen molar-refractivity contribution < 1.29 is 19.1 Å². The second kappa shape index (κ2) is 9.82. The number of hydrogen-bond acceptors (Lipinski definition) is 4. The molecule has 0 spiro atoms. The molecular weight excluding hydrogens is 400 g/mol. The molecule has 0 unspecified atom stereocenters. The Hall–Kier alpha value is -2.54. The highest BCUT2D eigenvalue weighted by Crippen LogP contribution is 2.27. The molecule has 0 aliphatic heterocycles. The second-order valence-electron chi connectivity index (χ2n) is 5.48. The molecule has 6 nitrogen and oxygen atoms in total. The molecule has 0 heterocycles. The first-order valence-corrected chi connectivity index (χ1v) is 8.84. The number of carbonyl (C=O) groups excluding carboxylic acids is 2. The van der Waals surface area contributed by atoms with E-state index in [4.69, 9.17) is 9.47 Å². The molecule has 0 saturated heterocycles. The van der Waals surface area contributed by atoms with Crippen LogP contribution in [0.1, 0.15) is 22.3 Å². The van der Waals surface area contributed by atoms with Crippen LogP contribution in [0.4, 0.5) is 0 Å². The lowest BCUT2D eigenvalue weighted by Crippen LogP contribution is -2.30. The van der Waals surface area contributed by atoms with Crippen LogP contribution in [0.2, 0.25) is 0 Å². The summed E-state index contributed by atoms with van der Waals surface area (Å²) >= 11 is 3.32. The number of hydrogen-bond donors (Lipinski definition) is 2. The molecule has 2 rings (SSSR count).